The molecule has 3 rings (SSSR count). The van der Waals surface area contributed by atoms with Crippen LogP contribution in [0.4, 0.5) is 0 Å². The van der Waals surface area contributed by atoms with E-state index in [2.05, 4.69) is 0 Å². The van der Waals surface area contributed by atoms with Crippen molar-refractivity contribution in [3.63, 3.8) is 0 Å². The molecule has 0 aliphatic heterocycles. The highest BCUT2D eigenvalue weighted by molar-refractivity contribution is 6.04. The Kier molecular flexibility index (Phi) is 8.67. The summed E-state index contributed by atoms with van der Waals surface area (Å²) < 4.78 is 21.5. The van der Waals surface area contributed by atoms with Crippen LogP contribution in [0.5, 0.6) is 23.0 Å². The molecule has 0 aliphatic carbocycles. The molecule has 188 valence electrons. The number of ether oxygens (including phenoxy) is 4. The number of hydrogen-bond donors (Lipinski definition) is 1. The Labute approximate surface area is 209 Å². The van der Waals surface area contributed by atoms with Crippen molar-refractivity contribution in [3.8, 4) is 23.0 Å². The Morgan fingerprint density at radius 3 is 1.42 bits per heavy atom. The smallest absolute Gasteiger partial charge is 0.335 e. The van der Waals surface area contributed by atoms with Crippen molar-refractivity contribution in [2.45, 2.75) is 18.8 Å². The van der Waals surface area contributed by atoms with Gasteiger partial charge in [0, 0.05) is 12.8 Å². The summed E-state index contributed by atoms with van der Waals surface area (Å²) in [5, 5.41) is 9.48. The number of aromatic carboxylic acids is 1. The van der Waals surface area contributed by atoms with E-state index in [0.29, 0.717) is 28.6 Å². The lowest BCUT2D eigenvalue weighted by Gasteiger charge is -2.20. The first-order valence-corrected chi connectivity index (χ1v) is 11.2. The van der Waals surface area contributed by atoms with Gasteiger partial charge in [0.05, 0.1) is 34.0 Å². The lowest BCUT2D eigenvalue weighted by Crippen LogP contribution is -2.15. The van der Waals surface area contributed by atoms with Crippen LogP contribution in [0.2, 0.25) is 0 Å². The maximum Gasteiger partial charge on any atom is 0.335 e. The molecular formula is C28H28O8. The summed E-state index contributed by atoms with van der Waals surface area (Å²) in [4.78, 5) is 38.7. The third-order valence-corrected chi connectivity index (χ3v) is 5.88. The van der Waals surface area contributed by atoms with Crippen molar-refractivity contribution in [2.24, 2.45) is 0 Å². The fourth-order valence-electron chi connectivity index (χ4n) is 4.14. The number of carboxylic acids is 1. The molecule has 0 heterocycles. The van der Waals surface area contributed by atoms with E-state index in [9.17, 15) is 19.5 Å². The fourth-order valence-corrected chi connectivity index (χ4v) is 4.14. The maximum atomic E-state index is 13.5. The quantitative estimate of drug-likeness (QED) is 0.350. The van der Waals surface area contributed by atoms with Crippen molar-refractivity contribution in [3.05, 3.63) is 82.9 Å². The van der Waals surface area contributed by atoms with E-state index in [1.807, 2.05) is 0 Å². The molecule has 0 aromatic heterocycles. The minimum Gasteiger partial charge on any atom is -0.496 e. The average Bonchev–Trinajstić information content (AvgIpc) is 2.91. The normalized spacial score (nSPS) is 10.6. The van der Waals surface area contributed by atoms with Crippen LogP contribution in [-0.2, 0) is 0 Å². The Morgan fingerprint density at radius 1 is 0.667 bits per heavy atom. The Balaban J connectivity index is 2.05. The number of Topliss-reactive ketones (excluding diaryl/α,β-unsaturated/α-hetero) is 2. The van der Waals surface area contributed by atoms with Crippen LogP contribution in [0.1, 0.15) is 55.4 Å². The molecule has 0 amide bonds. The predicted octanol–water partition coefficient (Wildman–Crippen LogP) is 5.05. The summed E-state index contributed by atoms with van der Waals surface area (Å²) in [7, 11) is 5.82. The number of benzene rings is 3. The molecule has 0 saturated heterocycles. The minimum atomic E-state index is -1.11. The van der Waals surface area contributed by atoms with Crippen LogP contribution in [0.3, 0.4) is 0 Å². The predicted molar refractivity (Wildman–Crippen MR) is 133 cm³/mol. The van der Waals surface area contributed by atoms with Crippen molar-refractivity contribution in [1.82, 2.24) is 0 Å². The topological polar surface area (TPSA) is 108 Å². The van der Waals surface area contributed by atoms with Crippen molar-refractivity contribution in [1.29, 1.82) is 0 Å². The first kappa shape index (κ1) is 26.3. The molecule has 3 aromatic rings. The number of hydrogen-bond acceptors (Lipinski definition) is 7. The highest BCUT2D eigenvalue weighted by Crippen LogP contribution is 2.36. The third-order valence-electron chi connectivity index (χ3n) is 5.88. The highest BCUT2D eigenvalue weighted by Gasteiger charge is 2.28. The SMILES string of the molecule is COc1cccc(OC)c1C(=O)CC(CC(=O)c1c(OC)cccc1OC)c1cccc(C(=O)O)c1. The van der Waals surface area contributed by atoms with E-state index in [0.717, 1.165) is 0 Å². The second kappa shape index (κ2) is 11.9. The van der Waals surface area contributed by atoms with Crippen molar-refractivity contribution in [2.75, 3.05) is 28.4 Å². The third kappa shape index (κ3) is 5.66. The summed E-state index contributed by atoms with van der Waals surface area (Å²) in [5.41, 5.74) is 1.11. The van der Waals surface area contributed by atoms with Crippen LogP contribution >= 0.6 is 0 Å². The maximum absolute atomic E-state index is 13.5. The molecular weight excluding hydrogens is 464 g/mol. The molecule has 0 bridgehead atoms. The molecule has 0 fully saturated rings. The monoisotopic (exact) mass is 492 g/mol. The summed E-state index contributed by atoms with van der Waals surface area (Å²) in [5.74, 6) is -1.00. The van der Waals surface area contributed by atoms with Crippen LogP contribution in [0.15, 0.2) is 60.7 Å². The summed E-state index contributed by atoms with van der Waals surface area (Å²) in [6.45, 7) is 0. The fraction of sp³-hybridized carbons (Fsp3) is 0.250. The van der Waals surface area contributed by atoms with Gasteiger partial charge in [0.15, 0.2) is 11.6 Å². The van der Waals surface area contributed by atoms with E-state index >= 15 is 0 Å². The first-order chi connectivity index (χ1) is 17.3. The Hall–Kier alpha value is -4.33. The van der Waals surface area contributed by atoms with E-state index in [-0.39, 0.29) is 41.1 Å². The first-order valence-electron chi connectivity index (χ1n) is 11.2. The van der Waals surface area contributed by atoms with Gasteiger partial charge in [0.1, 0.15) is 34.1 Å². The summed E-state index contributed by atoms with van der Waals surface area (Å²) in [6, 6.07) is 16.3. The van der Waals surface area contributed by atoms with E-state index < -0.39 is 11.9 Å². The zero-order valence-corrected chi connectivity index (χ0v) is 20.6. The van der Waals surface area contributed by atoms with Crippen LogP contribution in [0, 0.1) is 0 Å². The van der Waals surface area contributed by atoms with Crippen molar-refractivity contribution >= 4 is 17.5 Å². The highest BCUT2D eigenvalue weighted by atomic mass is 16.5. The minimum absolute atomic E-state index is 0.0575. The molecule has 0 saturated carbocycles. The van der Waals surface area contributed by atoms with Gasteiger partial charge in [-0.3, -0.25) is 9.59 Å². The zero-order valence-electron chi connectivity index (χ0n) is 20.6. The number of ketones is 2. The molecule has 3 aromatic carbocycles. The standard InChI is InChI=1S/C28H28O8/c1-33-22-10-6-11-23(34-2)26(22)20(29)15-19(17-8-5-9-18(14-17)28(31)32)16-21(30)27-24(35-3)12-7-13-25(27)36-4/h5-14,19H,15-16H2,1-4H3,(H,31,32). The zero-order chi connectivity index (χ0) is 26.2. The van der Waals surface area contributed by atoms with Gasteiger partial charge in [-0.15, -0.1) is 0 Å². The Morgan fingerprint density at radius 2 is 1.06 bits per heavy atom. The van der Waals surface area contributed by atoms with Gasteiger partial charge in [-0.05, 0) is 47.9 Å². The van der Waals surface area contributed by atoms with Gasteiger partial charge in [-0.25, -0.2) is 4.79 Å². The molecule has 0 atom stereocenters. The molecule has 0 radical (unpaired) electrons. The van der Waals surface area contributed by atoms with E-state index in [1.165, 1.54) is 40.6 Å². The van der Waals surface area contributed by atoms with E-state index in [4.69, 9.17) is 18.9 Å². The van der Waals surface area contributed by atoms with Gasteiger partial charge in [-0.2, -0.15) is 0 Å². The summed E-state index contributed by atoms with van der Waals surface area (Å²) in [6.07, 6.45) is -0.188. The number of carbonyl (C=O) groups excluding carboxylic acids is 2. The number of rotatable bonds is 12. The van der Waals surface area contributed by atoms with Crippen LogP contribution in [-0.4, -0.2) is 51.1 Å². The molecule has 8 nitrogen and oxygen atoms in total. The van der Waals surface area contributed by atoms with Crippen molar-refractivity contribution < 1.29 is 38.4 Å². The van der Waals surface area contributed by atoms with E-state index in [1.54, 1.807) is 48.5 Å². The largest absolute Gasteiger partial charge is 0.496 e. The van der Waals surface area contributed by atoms with Gasteiger partial charge in [0.25, 0.3) is 0 Å². The molecule has 36 heavy (non-hydrogen) atoms. The molecule has 1 N–H and O–H groups in total. The average molecular weight is 493 g/mol. The second-order valence-corrected chi connectivity index (χ2v) is 7.96. The van der Waals surface area contributed by atoms with Gasteiger partial charge >= 0.3 is 5.97 Å². The lowest BCUT2D eigenvalue weighted by molar-refractivity contribution is 0.0696. The van der Waals surface area contributed by atoms with Gasteiger partial charge < -0.3 is 24.1 Å². The number of methoxy groups -OCH3 is 4. The molecule has 0 unspecified atom stereocenters. The Bertz CT molecular complexity index is 1150. The molecule has 0 aliphatic rings. The number of carboxylic acid groups (broad SMARTS) is 1. The molecule has 8 heteroatoms. The lowest BCUT2D eigenvalue weighted by atomic mass is 9.85. The van der Waals surface area contributed by atoms with Crippen LogP contribution < -0.4 is 18.9 Å². The van der Waals surface area contributed by atoms with Gasteiger partial charge in [-0.1, -0.05) is 24.3 Å². The number of carbonyl (C=O) groups is 3. The molecule has 0 spiro atoms. The second-order valence-electron chi connectivity index (χ2n) is 7.96. The van der Waals surface area contributed by atoms with Crippen LogP contribution in [0.25, 0.3) is 0 Å². The summed E-state index contributed by atoms with van der Waals surface area (Å²) >= 11 is 0. The van der Waals surface area contributed by atoms with Gasteiger partial charge in [0.2, 0.25) is 0 Å².